The van der Waals surface area contributed by atoms with Crippen LogP contribution in [0.1, 0.15) is 37.8 Å². The summed E-state index contributed by atoms with van der Waals surface area (Å²) in [5.41, 5.74) is 1.28. The number of halogens is 1. The molecule has 2 heteroatoms. The van der Waals surface area contributed by atoms with Crippen molar-refractivity contribution in [2.24, 2.45) is 5.92 Å². The minimum absolute atomic E-state index is 0.407. The lowest BCUT2D eigenvalue weighted by atomic mass is 9.85. The van der Waals surface area contributed by atoms with Crippen molar-refractivity contribution < 1.29 is 0 Å². The molecule has 1 aromatic carbocycles. The Balaban J connectivity index is 1.86. The van der Waals surface area contributed by atoms with E-state index in [1.807, 2.05) is 18.2 Å². The SMILES string of the molecule is C[C@@H](NCC1CCC1)c1cccc(Cl)c1. The maximum atomic E-state index is 5.96. The summed E-state index contributed by atoms with van der Waals surface area (Å²) in [6, 6.07) is 8.51. The van der Waals surface area contributed by atoms with E-state index >= 15 is 0 Å². The van der Waals surface area contributed by atoms with E-state index < -0.39 is 0 Å². The van der Waals surface area contributed by atoms with Crippen molar-refractivity contribution in [2.45, 2.75) is 32.2 Å². The Morgan fingerprint density at radius 1 is 1.47 bits per heavy atom. The van der Waals surface area contributed by atoms with Gasteiger partial charge in [-0.2, -0.15) is 0 Å². The first kappa shape index (κ1) is 11.0. The molecule has 0 bridgehead atoms. The Bertz CT molecular complexity index is 320. The maximum Gasteiger partial charge on any atom is 0.0409 e. The maximum absolute atomic E-state index is 5.96. The van der Waals surface area contributed by atoms with Crippen LogP contribution in [0.5, 0.6) is 0 Å². The molecule has 0 radical (unpaired) electrons. The standard InChI is InChI=1S/C13H18ClN/c1-10(15-9-11-4-2-5-11)12-6-3-7-13(14)8-12/h3,6-8,10-11,15H,2,4-5,9H2,1H3/t10-/m1/s1. The molecule has 0 amide bonds. The second kappa shape index (κ2) is 5.00. The van der Waals surface area contributed by atoms with Gasteiger partial charge >= 0.3 is 0 Å². The number of nitrogens with one attached hydrogen (secondary N) is 1. The Kier molecular flexibility index (Phi) is 3.66. The van der Waals surface area contributed by atoms with Gasteiger partial charge in [-0.1, -0.05) is 30.2 Å². The second-order valence-electron chi connectivity index (χ2n) is 4.48. The van der Waals surface area contributed by atoms with Gasteiger partial charge in [-0.15, -0.1) is 0 Å². The van der Waals surface area contributed by atoms with E-state index in [0.29, 0.717) is 6.04 Å². The molecule has 0 unspecified atom stereocenters. The summed E-state index contributed by atoms with van der Waals surface area (Å²) in [5.74, 6) is 0.909. The van der Waals surface area contributed by atoms with Gasteiger partial charge in [0.15, 0.2) is 0 Å². The van der Waals surface area contributed by atoms with Crippen LogP contribution in [0.4, 0.5) is 0 Å². The summed E-state index contributed by atoms with van der Waals surface area (Å²) in [4.78, 5) is 0. The van der Waals surface area contributed by atoms with Gasteiger partial charge in [0.05, 0.1) is 0 Å². The minimum Gasteiger partial charge on any atom is -0.310 e. The molecule has 1 aliphatic rings. The van der Waals surface area contributed by atoms with Gasteiger partial charge in [-0.3, -0.25) is 0 Å². The molecule has 1 N–H and O–H groups in total. The summed E-state index contributed by atoms with van der Waals surface area (Å²) in [6.07, 6.45) is 4.21. The highest BCUT2D eigenvalue weighted by molar-refractivity contribution is 6.30. The van der Waals surface area contributed by atoms with Crippen LogP contribution in [0.2, 0.25) is 5.02 Å². The van der Waals surface area contributed by atoms with Crippen LogP contribution in [-0.4, -0.2) is 6.54 Å². The molecule has 2 rings (SSSR count). The highest BCUT2D eigenvalue weighted by atomic mass is 35.5. The van der Waals surface area contributed by atoms with E-state index in [1.54, 1.807) is 0 Å². The molecule has 1 saturated carbocycles. The second-order valence-corrected chi connectivity index (χ2v) is 4.92. The fraction of sp³-hybridized carbons (Fsp3) is 0.538. The third kappa shape index (κ3) is 2.96. The van der Waals surface area contributed by atoms with Crippen LogP contribution in [0.15, 0.2) is 24.3 Å². The highest BCUT2D eigenvalue weighted by Crippen LogP contribution is 2.26. The van der Waals surface area contributed by atoms with Gasteiger partial charge in [-0.05, 0) is 49.9 Å². The Hall–Kier alpha value is -0.530. The van der Waals surface area contributed by atoms with Gasteiger partial charge in [0.1, 0.15) is 0 Å². The van der Waals surface area contributed by atoms with Crippen molar-refractivity contribution in [1.29, 1.82) is 0 Å². The van der Waals surface area contributed by atoms with E-state index in [0.717, 1.165) is 17.5 Å². The van der Waals surface area contributed by atoms with Crippen molar-refractivity contribution in [1.82, 2.24) is 5.32 Å². The average molecular weight is 224 g/mol. The molecule has 15 heavy (non-hydrogen) atoms. The fourth-order valence-electron chi connectivity index (χ4n) is 1.93. The molecule has 0 aliphatic heterocycles. The molecule has 0 heterocycles. The lowest BCUT2D eigenvalue weighted by Crippen LogP contribution is -2.29. The summed E-state index contributed by atoms with van der Waals surface area (Å²) in [7, 11) is 0. The van der Waals surface area contributed by atoms with Crippen LogP contribution in [0.25, 0.3) is 0 Å². The third-order valence-corrected chi connectivity index (χ3v) is 3.52. The van der Waals surface area contributed by atoms with E-state index in [9.17, 15) is 0 Å². The molecular formula is C13H18ClN. The fourth-order valence-corrected chi connectivity index (χ4v) is 2.13. The number of hydrogen-bond donors (Lipinski definition) is 1. The van der Waals surface area contributed by atoms with Crippen LogP contribution >= 0.6 is 11.6 Å². The number of rotatable bonds is 4. The summed E-state index contributed by atoms with van der Waals surface area (Å²) < 4.78 is 0. The van der Waals surface area contributed by atoms with Gasteiger partial charge in [0.25, 0.3) is 0 Å². The molecule has 0 spiro atoms. The van der Waals surface area contributed by atoms with Crippen molar-refractivity contribution in [2.75, 3.05) is 6.54 Å². The molecule has 1 fully saturated rings. The zero-order valence-electron chi connectivity index (χ0n) is 9.17. The normalized spacial score (nSPS) is 18.5. The summed E-state index contributed by atoms with van der Waals surface area (Å²) >= 11 is 5.96. The van der Waals surface area contributed by atoms with Crippen molar-refractivity contribution in [3.05, 3.63) is 34.9 Å². The molecule has 1 aromatic rings. The zero-order valence-corrected chi connectivity index (χ0v) is 9.93. The predicted octanol–water partition coefficient (Wildman–Crippen LogP) is 3.79. The zero-order chi connectivity index (χ0) is 10.7. The van der Waals surface area contributed by atoms with E-state index in [-0.39, 0.29) is 0 Å². The topological polar surface area (TPSA) is 12.0 Å². The largest absolute Gasteiger partial charge is 0.310 e. The number of benzene rings is 1. The smallest absolute Gasteiger partial charge is 0.0409 e. The van der Waals surface area contributed by atoms with E-state index in [2.05, 4.69) is 18.3 Å². The molecule has 0 saturated heterocycles. The van der Waals surface area contributed by atoms with Gasteiger partial charge in [0, 0.05) is 11.1 Å². The van der Waals surface area contributed by atoms with Crippen molar-refractivity contribution in [3.8, 4) is 0 Å². The van der Waals surface area contributed by atoms with Gasteiger partial charge in [-0.25, -0.2) is 0 Å². The summed E-state index contributed by atoms with van der Waals surface area (Å²) in [6.45, 7) is 3.35. The van der Waals surface area contributed by atoms with Crippen molar-refractivity contribution in [3.63, 3.8) is 0 Å². The average Bonchev–Trinajstić information content (AvgIpc) is 2.15. The summed E-state index contributed by atoms with van der Waals surface area (Å²) in [5, 5.41) is 4.39. The Morgan fingerprint density at radius 3 is 2.87 bits per heavy atom. The Labute approximate surface area is 96.8 Å². The minimum atomic E-state index is 0.407. The van der Waals surface area contributed by atoms with Crippen LogP contribution in [0.3, 0.4) is 0 Å². The molecule has 0 aromatic heterocycles. The molecule has 1 atom stereocenters. The molecule has 82 valence electrons. The molecular weight excluding hydrogens is 206 g/mol. The first-order valence-corrected chi connectivity index (χ1v) is 6.12. The van der Waals surface area contributed by atoms with Gasteiger partial charge in [0.2, 0.25) is 0 Å². The first-order chi connectivity index (χ1) is 7.25. The van der Waals surface area contributed by atoms with Crippen LogP contribution < -0.4 is 5.32 Å². The van der Waals surface area contributed by atoms with Gasteiger partial charge < -0.3 is 5.32 Å². The highest BCUT2D eigenvalue weighted by Gasteiger charge is 2.17. The Morgan fingerprint density at radius 2 is 2.27 bits per heavy atom. The molecule has 1 aliphatic carbocycles. The monoisotopic (exact) mass is 223 g/mol. The third-order valence-electron chi connectivity index (χ3n) is 3.29. The lowest BCUT2D eigenvalue weighted by Gasteiger charge is -2.27. The quantitative estimate of drug-likeness (QED) is 0.819. The first-order valence-electron chi connectivity index (χ1n) is 5.74. The van der Waals surface area contributed by atoms with Crippen LogP contribution in [-0.2, 0) is 0 Å². The molecule has 1 nitrogen and oxygen atoms in total. The lowest BCUT2D eigenvalue weighted by molar-refractivity contribution is 0.292. The van der Waals surface area contributed by atoms with Crippen LogP contribution in [0, 0.1) is 5.92 Å². The predicted molar refractivity (Wildman–Crippen MR) is 65.2 cm³/mol. The van der Waals surface area contributed by atoms with E-state index in [1.165, 1.54) is 24.8 Å². The number of hydrogen-bond acceptors (Lipinski definition) is 1. The van der Waals surface area contributed by atoms with Crippen molar-refractivity contribution >= 4 is 11.6 Å². The van der Waals surface area contributed by atoms with E-state index in [4.69, 9.17) is 11.6 Å².